The van der Waals surface area contributed by atoms with E-state index in [-0.39, 0.29) is 11.3 Å². The molecule has 0 aliphatic rings. The Kier molecular flexibility index (Phi) is 4.46. The molecule has 106 valence electrons. The van der Waals surface area contributed by atoms with E-state index in [4.69, 9.17) is 4.42 Å². The number of rotatable bonds is 5. The highest BCUT2D eigenvalue weighted by atomic mass is 16.6. The van der Waals surface area contributed by atoms with Crippen molar-refractivity contribution < 1.29 is 14.1 Å². The van der Waals surface area contributed by atoms with Crippen molar-refractivity contribution in [2.45, 2.75) is 6.92 Å². The Morgan fingerprint density at radius 2 is 1.95 bits per heavy atom. The summed E-state index contributed by atoms with van der Waals surface area (Å²) in [7, 11) is 0. The normalized spacial score (nSPS) is 11.8. The van der Waals surface area contributed by atoms with Crippen molar-refractivity contribution in [1.29, 1.82) is 0 Å². The predicted molar refractivity (Wildman–Crippen MR) is 78.9 cm³/mol. The number of allylic oxidation sites excluding steroid dienone is 3. The van der Waals surface area contributed by atoms with Crippen molar-refractivity contribution in [2.75, 3.05) is 0 Å². The van der Waals surface area contributed by atoms with Crippen molar-refractivity contribution in [3.8, 4) is 0 Å². The van der Waals surface area contributed by atoms with Crippen LogP contribution in [-0.2, 0) is 0 Å². The minimum absolute atomic E-state index is 0.0737. The number of para-hydroxylation sites is 1. The number of nitro benzene ring substituents is 1. The van der Waals surface area contributed by atoms with Crippen LogP contribution in [0.5, 0.6) is 0 Å². The van der Waals surface area contributed by atoms with Crippen LogP contribution in [-0.4, -0.2) is 10.7 Å². The van der Waals surface area contributed by atoms with Crippen LogP contribution in [0, 0.1) is 10.1 Å². The van der Waals surface area contributed by atoms with Gasteiger partial charge in [-0.1, -0.05) is 18.2 Å². The number of hydrogen-bond donors (Lipinski definition) is 0. The molecule has 0 aliphatic heterocycles. The molecule has 0 spiro atoms. The Hall–Kier alpha value is -2.95. The highest BCUT2D eigenvalue weighted by Gasteiger charge is 2.16. The maximum atomic E-state index is 12.0. The summed E-state index contributed by atoms with van der Waals surface area (Å²) in [6, 6.07) is 9.44. The zero-order valence-electron chi connectivity index (χ0n) is 11.4. The van der Waals surface area contributed by atoms with E-state index in [1.807, 2.05) is 6.92 Å². The van der Waals surface area contributed by atoms with E-state index < -0.39 is 10.7 Å². The van der Waals surface area contributed by atoms with Crippen molar-refractivity contribution in [2.24, 2.45) is 0 Å². The van der Waals surface area contributed by atoms with Gasteiger partial charge in [0.1, 0.15) is 5.76 Å². The van der Waals surface area contributed by atoms with Crippen LogP contribution in [0.2, 0.25) is 0 Å². The second-order valence-corrected chi connectivity index (χ2v) is 4.38. The van der Waals surface area contributed by atoms with Gasteiger partial charge in [0.15, 0.2) is 5.78 Å². The summed E-state index contributed by atoms with van der Waals surface area (Å²) in [5.74, 6) is 0.268. The average Bonchev–Trinajstić information content (AvgIpc) is 2.97. The van der Waals surface area contributed by atoms with E-state index in [1.54, 1.807) is 36.6 Å². The molecule has 0 amide bonds. The molecular formula is C16H13NO4. The van der Waals surface area contributed by atoms with Crippen LogP contribution in [0.15, 0.2) is 64.8 Å². The molecule has 1 aromatic carbocycles. The van der Waals surface area contributed by atoms with Crippen molar-refractivity contribution in [3.63, 3.8) is 0 Å². The Bertz CT molecular complexity index is 712. The van der Waals surface area contributed by atoms with Gasteiger partial charge in [-0.2, -0.15) is 0 Å². The molecule has 5 nitrogen and oxygen atoms in total. The van der Waals surface area contributed by atoms with Gasteiger partial charge in [-0.25, -0.2) is 0 Å². The van der Waals surface area contributed by atoms with E-state index in [0.717, 1.165) is 5.57 Å². The van der Waals surface area contributed by atoms with Crippen molar-refractivity contribution in [1.82, 2.24) is 0 Å². The number of hydrogen-bond acceptors (Lipinski definition) is 4. The molecule has 2 aromatic rings. The highest BCUT2D eigenvalue weighted by Crippen LogP contribution is 2.19. The van der Waals surface area contributed by atoms with Gasteiger partial charge in [0, 0.05) is 6.07 Å². The first kappa shape index (κ1) is 14.5. The molecule has 0 saturated carbocycles. The molecule has 0 unspecified atom stereocenters. The van der Waals surface area contributed by atoms with Gasteiger partial charge < -0.3 is 4.42 Å². The summed E-state index contributed by atoms with van der Waals surface area (Å²) in [4.78, 5) is 22.4. The fourth-order valence-corrected chi connectivity index (χ4v) is 1.78. The van der Waals surface area contributed by atoms with Crippen molar-refractivity contribution in [3.05, 3.63) is 81.8 Å². The Morgan fingerprint density at radius 1 is 1.19 bits per heavy atom. The average molecular weight is 283 g/mol. The van der Waals surface area contributed by atoms with Gasteiger partial charge in [0.05, 0.1) is 16.7 Å². The van der Waals surface area contributed by atoms with Gasteiger partial charge in [-0.3, -0.25) is 14.9 Å². The van der Waals surface area contributed by atoms with Gasteiger partial charge in [0.25, 0.3) is 5.69 Å². The number of benzene rings is 1. The van der Waals surface area contributed by atoms with E-state index in [0.29, 0.717) is 5.76 Å². The molecule has 0 saturated heterocycles. The van der Waals surface area contributed by atoms with Gasteiger partial charge in [-0.05, 0) is 42.8 Å². The van der Waals surface area contributed by atoms with E-state index >= 15 is 0 Å². The quantitative estimate of drug-likeness (QED) is 0.273. The lowest BCUT2D eigenvalue weighted by molar-refractivity contribution is -0.385. The first-order valence-corrected chi connectivity index (χ1v) is 6.25. The topological polar surface area (TPSA) is 73.3 Å². The fourth-order valence-electron chi connectivity index (χ4n) is 1.78. The van der Waals surface area contributed by atoms with Gasteiger partial charge in [0.2, 0.25) is 0 Å². The van der Waals surface area contributed by atoms with Crippen LogP contribution >= 0.6 is 0 Å². The Balaban J connectivity index is 2.18. The third-order valence-electron chi connectivity index (χ3n) is 2.78. The summed E-state index contributed by atoms with van der Waals surface area (Å²) < 4.78 is 5.16. The lowest BCUT2D eigenvalue weighted by Gasteiger charge is -1.98. The maximum Gasteiger partial charge on any atom is 0.280 e. The van der Waals surface area contributed by atoms with Crippen LogP contribution < -0.4 is 0 Å². The Morgan fingerprint density at radius 3 is 2.62 bits per heavy atom. The minimum atomic E-state index is -0.563. The molecular weight excluding hydrogens is 270 g/mol. The number of carbonyl (C=O) groups is 1. The highest BCUT2D eigenvalue weighted by molar-refractivity contribution is 6.07. The van der Waals surface area contributed by atoms with Crippen LogP contribution in [0.25, 0.3) is 6.08 Å². The Labute approximate surface area is 121 Å². The molecule has 5 heteroatoms. The van der Waals surface area contributed by atoms with Gasteiger partial charge in [-0.15, -0.1) is 0 Å². The van der Waals surface area contributed by atoms with E-state index in [9.17, 15) is 14.9 Å². The molecule has 0 aliphatic carbocycles. The molecule has 0 N–H and O–H groups in total. The first-order valence-electron chi connectivity index (χ1n) is 6.25. The number of nitro groups is 1. The molecule has 0 radical (unpaired) electrons. The minimum Gasteiger partial charge on any atom is -0.465 e. The number of nitrogens with zero attached hydrogens (tertiary/aromatic N) is 1. The molecule has 21 heavy (non-hydrogen) atoms. The van der Waals surface area contributed by atoms with Crippen molar-refractivity contribution >= 4 is 17.5 Å². The second kappa shape index (κ2) is 6.47. The number of ketones is 1. The number of carbonyl (C=O) groups excluding carboxylic acids is 1. The zero-order chi connectivity index (χ0) is 15.2. The third-order valence-corrected chi connectivity index (χ3v) is 2.78. The first-order chi connectivity index (χ1) is 10.1. The number of furan rings is 1. The third kappa shape index (κ3) is 3.76. The molecule has 1 aromatic heterocycles. The summed E-state index contributed by atoms with van der Waals surface area (Å²) in [6.07, 6.45) is 6.24. The fraction of sp³-hybridized carbons (Fsp3) is 0.0625. The molecule has 0 fully saturated rings. The van der Waals surface area contributed by atoms with E-state index in [2.05, 4.69) is 0 Å². The van der Waals surface area contributed by atoms with Crippen LogP contribution in [0.1, 0.15) is 23.0 Å². The molecule has 0 atom stereocenters. The predicted octanol–water partition coefficient (Wildman–Crippen LogP) is 4.03. The standard InChI is InChI=1S/C16H13NO4/c1-12(11-13-5-4-10-21-13)8-9-16(18)14-6-2-3-7-15(14)17(19)20/h2-11H,1H3/b9-8+,12-11+. The maximum absolute atomic E-state index is 12.0. The van der Waals surface area contributed by atoms with Crippen LogP contribution in [0.3, 0.4) is 0 Å². The summed E-state index contributed by atoms with van der Waals surface area (Å²) >= 11 is 0. The lowest BCUT2D eigenvalue weighted by atomic mass is 10.1. The summed E-state index contributed by atoms with van der Waals surface area (Å²) in [5, 5.41) is 10.9. The second-order valence-electron chi connectivity index (χ2n) is 4.38. The molecule has 2 rings (SSSR count). The zero-order valence-corrected chi connectivity index (χ0v) is 11.4. The largest absolute Gasteiger partial charge is 0.465 e. The molecule has 0 bridgehead atoms. The monoisotopic (exact) mass is 283 g/mol. The summed E-state index contributed by atoms with van der Waals surface area (Å²) in [5.41, 5.74) is 0.682. The summed E-state index contributed by atoms with van der Waals surface area (Å²) in [6.45, 7) is 1.81. The van der Waals surface area contributed by atoms with Gasteiger partial charge >= 0.3 is 0 Å². The van der Waals surface area contributed by atoms with Crippen LogP contribution in [0.4, 0.5) is 5.69 Å². The SMILES string of the molecule is CC(/C=C/C(=O)c1ccccc1[N+](=O)[O-])=C\c1ccco1. The molecule has 1 heterocycles. The van der Waals surface area contributed by atoms with E-state index in [1.165, 1.54) is 24.3 Å². The smallest absolute Gasteiger partial charge is 0.280 e. The lowest BCUT2D eigenvalue weighted by Crippen LogP contribution is -2.00.